The molecule has 0 unspecified atom stereocenters. The van der Waals surface area contributed by atoms with E-state index in [0.29, 0.717) is 22.9 Å². The summed E-state index contributed by atoms with van der Waals surface area (Å²) in [6, 6.07) is 5.63. The first-order valence-electron chi connectivity index (χ1n) is 5.73. The van der Waals surface area contributed by atoms with Crippen molar-refractivity contribution in [2.45, 2.75) is 6.54 Å². The van der Waals surface area contributed by atoms with E-state index in [1.54, 1.807) is 36.4 Å². The fourth-order valence-corrected chi connectivity index (χ4v) is 2.59. The van der Waals surface area contributed by atoms with E-state index in [-0.39, 0.29) is 5.91 Å². The Labute approximate surface area is 121 Å². The van der Waals surface area contributed by atoms with Gasteiger partial charge in [-0.1, -0.05) is 17.7 Å². The summed E-state index contributed by atoms with van der Waals surface area (Å²) >= 11 is 7.66. The molecule has 2 aromatic heterocycles. The summed E-state index contributed by atoms with van der Waals surface area (Å²) in [4.78, 5) is 19.2. The van der Waals surface area contributed by atoms with E-state index in [1.165, 1.54) is 6.20 Å². The van der Waals surface area contributed by atoms with Gasteiger partial charge in [-0.15, -0.1) is 11.3 Å². The van der Waals surface area contributed by atoms with E-state index in [2.05, 4.69) is 10.3 Å². The van der Waals surface area contributed by atoms with Gasteiger partial charge in [0.1, 0.15) is 5.82 Å². The zero-order valence-corrected chi connectivity index (χ0v) is 12.3. The maximum absolute atomic E-state index is 12.4. The van der Waals surface area contributed by atoms with Crippen LogP contribution in [-0.2, 0) is 6.54 Å². The van der Waals surface area contributed by atoms with E-state index < -0.39 is 0 Å². The molecule has 0 radical (unpaired) electrons. The molecule has 4 nitrogen and oxygen atoms in total. The van der Waals surface area contributed by atoms with Crippen molar-refractivity contribution in [2.24, 2.45) is 0 Å². The first-order chi connectivity index (χ1) is 9.11. The molecule has 0 aromatic carbocycles. The van der Waals surface area contributed by atoms with Crippen LogP contribution in [-0.4, -0.2) is 29.9 Å². The third-order valence-corrected chi connectivity index (χ3v) is 3.82. The molecule has 2 heterocycles. The second-order valence-corrected chi connectivity index (χ2v) is 5.48. The van der Waals surface area contributed by atoms with Gasteiger partial charge in [0.2, 0.25) is 0 Å². The van der Waals surface area contributed by atoms with Gasteiger partial charge in [0.25, 0.3) is 5.91 Å². The van der Waals surface area contributed by atoms with Crippen LogP contribution in [0.4, 0.5) is 5.82 Å². The molecule has 6 heteroatoms. The molecule has 1 amide bonds. The first kappa shape index (κ1) is 13.8. The number of carbonyl (C=O) groups is 1. The van der Waals surface area contributed by atoms with Gasteiger partial charge in [-0.2, -0.15) is 0 Å². The number of aromatic nitrogens is 1. The lowest BCUT2D eigenvalue weighted by Gasteiger charge is -2.17. The number of carbonyl (C=O) groups excluding carboxylic acids is 1. The lowest BCUT2D eigenvalue weighted by Crippen LogP contribution is -2.26. The van der Waals surface area contributed by atoms with Crippen molar-refractivity contribution in [2.75, 3.05) is 19.4 Å². The van der Waals surface area contributed by atoms with Gasteiger partial charge in [-0.25, -0.2) is 4.98 Å². The van der Waals surface area contributed by atoms with E-state index in [4.69, 9.17) is 11.6 Å². The zero-order valence-electron chi connectivity index (χ0n) is 10.7. The van der Waals surface area contributed by atoms with Crippen LogP contribution in [0.5, 0.6) is 0 Å². The van der Waals surface area contributed by atoms with E-state index in [0.717, 1.165) is 4.88 Å². The van der Waals surface area contributed by atoms with Crippen molar-refractivity contribution in [1.29, 1.82) is 0 Å². The minimum atomic E-state index is -0.114. The number of rotatable bonds is 4. The van der Waals surface area contributed by atoms with Crippen molar-refractivity contribution in [3.63, 3.8) is 0 Å². The Morgan fingerprint density at radius 1 is 1.58 bits per heavy atom. The van der Waals surface area contributed by atoms with Crippen LogP contribution in [0, 0.1) is 0 Å². The molecule has 0 aliphatic carbocycles. The lowest BCUT2D eigenvalue weighted by atomic mass is 10.2. The highest BCUT2D eigenvalue weighted by molar-refractivity contribution is 7.09. The summed E-state index contributed by atoms with van der Waals surface area (Å²) in [6.45, 7) is 0.573. The van der Waals surface area contributed by atoms with Gasteiger partial charge < -0.3 is 10.2 Å². The molecule has 0 saturated heterocycles. The Kier molecular flexibility index (Phi) is 4.39. The fourth-order valence-electron chi connectivity index (χ4n) is 1.65. The number of anilines is 1. The van der Waals surface area contributed by atoms with Crippen LogP contribution in [0.25, 0.3) is 0 Å². The SMILES string of the molecule is CNc1cc(C(=O)N(C)Cc2cccs2)c(Cl)cn1. The molecule has 0 spiro atoms. The highest BCUT2D eigenvalue weighted by Crippen LogP contribution is 2.20. The maximum atomic E-state index is 12.4. The quantitative estimate of drug-likeness (QED) is 0.942. The number of nitrogens with zero attached hydrogens (tertiary/aromatic N) is 2. The highest BCUT2D eigenvalue weighted by atomic mass is 35.5. The summed E-state index contributed by atoms with van der Waals surface area (Å²) in [5, 5.41) is 5.25. The summed E-state index contributed by atoms with van der Waals surface area (Å²) in [5.74, 6) is 0.509. The molecule has 0 aliphatic rings. The fraction of sp³-hybridized carbons (Fsp3) is 0.231. The summed E-state index contributed by atoms with van der Waals surface area (Å²) in [7, 11) is 3.51. The molecule has 2 rings (SSSR count). The number of amides is 1. The Hall–Kier alpha value is -1.59. The Morgan fingerprint density at radius 2 is 2.37 bits per heavy atom. The second kappa shape index (κ2) is 6.04. The molecular weight excluding hydrogens is 282 g/mol. The van der Waals surface area contributed by atoms with Gasteiger partial charge >= 0.3 is 0 Å². The average molecular weight is 296 g/mol. The topological polar surface area (TPSA) is 45.2 Å². The van der Waals surface area contributed by atoms with Crippen molar-refractivity contribution in [3.8, 4) is 0 Å². The average Bonchev–Trinajstić information content (AvgIpc) is 2.91. The van der Waals surface area contributed by atoms with Gasteiger partial charge in [-0.3, -0.25) is 4.79 Å². The van der Waals surface area contributed by atoms with Crippen LogP contribution >= 0.6 is 22.9 Å². The largest absolute Gasteiger partial charge is 0.373 e. The Balaban J connectivity index is 2.18. The Bertz CT molecular complexity index is 571. The molecule has 100 valence electrons. The van der Waals surface area contributed by atoms with Crippen molar-refractivity contribution in [3.05, 3.63) is 45.2 Å². The zero-order chi connectivity index (χ0) is 13.8. The smallest absolute Gasteiger partial charge is 0.255 e. The molecule has 0 fully saturated rings. The summed E-state index contributed by atoms with van der Waals surface area (Å²) < 4.78 is 0. The first-order valence-corrected chi connectivity index (χ1v) is 6.98. The Morgan fingerprint density at radius 3 is 3.00 bits per heavy atom. The van der Waals surface area contributed by atoms with Crippen LogP contribution in [0.15, 0.2) is 29.8 Å². The molecule has 19 heavy (non-hydrogen) atoms. The van der Waals surface area contributed by atoms with Crippen LogP contribution in [0.3, 0.4) is 0 Å². The predicted molar refractivity (Wildman–Crippen MR) is 78.9 cm³/mol. The maximum Gasteiger partial charge on any atom is 0.255 e. The molecule has 0 aliphatic heterocycles. The van der Waals surface area contributed by atoms with Crippen molar-refractivity contribution < 1.29 is 4.79 Å². The standard InChI is InChI=1S/C13H14ClN3OS/c1-15-12-6-10(11(14)7-16-12)13(18)17(2)8-9-4-3-5-19-9/h3-7H,8H2,1-2H3,(H,15,16). The highest BCUT2D eigenvalue weighted by Gasteiger charge is 2.16. The van der Waals surface area contributed by atoms with Crippen LogP contribution in [0.2, 0.25) is 5.02 Å². The van der Waals surface area contributed by atoms with Crippen LogP contribution in [0.1, 0.15) is 15.2 Å². The monoisotopic (exact) mass is 295 g/mol. The van der Waals surface area contributed by atoms with Gasteiger partial charge in [0.15, 0.2) is 0 Å². The number of nitrogens with one attached hydrogen (secondary N) is 1. The normalized spacial score (nSPS) is 10.3. The minimum Gasteiger partial charge on any atom is -0.373 e. The minimum absolute atomic E-state index is 0.114. The molecule has 1 N–H and O–H groups in total. The third kappa shape index (κ3) is 3.24. The summed E-state index contributed by atoms with van der Waals surface area (Å²) in [5.41, 5.74) is 0.458. The van der Waals surface area contributed by atoms with E-state index >= 15 is 0 Å². The van der Waals surface area contributed by atoms with Crippen molar-refractivity contribution >= 4 is 34.7 Å². The molecule has 0 bridgehead atoms. The van der Waals surface area contributed by atoms with Crippen molar-refractivity contribution in [1.82, 2.24) is 9.88 Å². The molecular formula is C13H14ClN3OS. The van der Waals surface area contributed by atoms with Gasteiger partial charge in [-0.05, 0) is 17.5 Å². The number of hydrogen-bond donors (Lipinski definition) is 1. The predicted octanol–water partition coefficient (Wildman–Crippen LogP) is 3.11. The number of hydrogen-bond acceptors (Lipinski definition) is 4. The summed E-state index contributed by atoms with van der Waals surface area (Å²) in [6.07, 6.45) is 1.49. The van der Waals surface area contributed by atoms with Crippen LogP contribution < -0.4 is 5.32 Å². The third-order valence-electron chi connectivity index (χ3n) is 2.66. The second-order valence-electron chi connectivity index (χ2n) is 4.04. The van der Waals surface area contributed by atoms with E-state index in [1.807, 2.05) is 17.5 Å². The van der Waals surface area contributed by atoms with Gasteiger partial charge in [0, 0.05) is 25.2 Å². The number of pyridine rings is 1. The van der Waals surface area contributed by atoms with Gasteiger partial charge in [0.05, 0.1) is 17.1 Å². The molecule has 0 atom stereocenters. The molecule has 2 aromatic rings. The number of halogens is 1. The van der Waals surface area contributed by atoms with E-state index in [9.17, 15) is 4.79 Å². The lowest BCUT2D eigenvalue weighted by molar-refractivity contribution is 0.0786. The number of thiophene rings is 1. The molecule has 0 saturated carbocycles.